The maximum absolute atomic E-state index is 11.1. The van der Waals surface area contributed by atoms with Gasteiger partial charge in [0.25, 0.3) is 0 Å². The summed E-state index contributed by atoms with van der Waals surface area (Å²) in [7, 11) is -3.45. The number of rotatable bonds is 4. The highest BCUT2D eigenvalue weighted by molar-refractivity contribution is 7.92. The molecular weight excluding hydrogens is 230 g/mol. The van der Waals surface area contributed by atoms with Gasteiger partial charge in [-0.2, -0.15) is 0 Å². The van der Waals surface area contributed by atoms with Crippen molar-refractivity contribution >= 4 is 15.7 Å². The Morgan fingerprint density at radius 3 is 2.50 bits per heavy atom. The molecule has 0 aliphatic rings. The third-order valence-corrected chi connectivity index (χ3v) is 2.23. The molecule has 0 heterocycles. The summed E-state index contributed by atoms with van der Waals surface area (Å²) in [5.41, 5.74) is 0.0682. The minimum atomic E-state index is -3.45. The Morgan fingerprint density at radius 1 is 1.38 bits per heavy atom. The summed E-state index contributed by atoms with van der Waals surface area (Å²) in [4.78, 5) is 0. The molecule has 0 radical (unpaired) electrons. The van der Waals surface area contributed by atoms with Crippen molar-refractivity contribution in [3.63, 3.8) is 0 Å². The molecule has 0 spiro atoms. The van der Waals surface area contributed by atoms with Crippen molar-refractivity contribution in [2.24, 2.45) is 0 Å². The number of para-hydroxylation sites is 1. The van der Waals surface area contributed by atoms with Crippen LogP contribution in [-0.4, -0.2) is 25.9 Å². The highest BCUT2D eigenvalue weighted by Gasteiger charge is 2.13. The molecule has 5 nitrogen and oxygen atoms in total. The molecule has 0 saturated carbocycles. The molecule has 0 aliphatic heterocycles. The summed E-state index contributed by atoms with van der Waals surface area (Å²) < 4.78 is 29.8. The van der Waals surface area contributed by atoms with Gasteiger partial charge in [-0.15, -0.1) is 0 Å². The van der Waals surface area contributed by atoms with Crippen LogP contribution in [0.25, 0.3) is 0 Å². The molecule has 0 unspecified atom stereocenters. The first-order chi connectivity index (χ1) is 7.29. The summed E-state index contributed by atoms with van der Waals surface area (Å²) in [5, 5.41) is 9.56. The fourth-order valence-corrected chi connectivity index (χ4v) is 1.74. The number of hydrogen-bond acceptors (Lipinski definition) is 4. The molecule has 1 aromatic rings. The number of phenols is 1. The van der Waals surface area contributed by atoms with Gasteiger partial charge in [0.05, 0.1) is 12.4 Å². The zero-order chi connectivity index (χ0) is 12.3. The lowest BCUT2D eigenvalue weighted by Crippen LogP contribution is -2.13. The number of aromatic hydroxyl groups is 1. The fraction of sp³-hybridized carbons (Fsp3) is 0.400. The van der Waals surface area contributed by atoms with E-state index in [1.807, 2.05) is 13.8 Å². The van der Waals surface area contributed by atoms with E-state index >= 15 is 0 Å². The lowest BCUT2D eigenvalue weighted by atomic mass is 10.2. The predicted molar refractivity (Wildman–Crippen MR) is 62.3 cm³/mol. The zero-order valence-electron chi connectivity index (χ0n) is 9.39. The Morgan fingerprint density at radius 2 is 2.00 bits per heavy atom. The molecular formula is C10H15NO4S. The third kappa shape index (κ3) is 3.62. The smallest absolute Gasteiger partial charge is 0.230 e. The van der Waals surface area contributed by atoms with Crippen molar-refractivity contribution in [3.8, 4) is 11.5 Å². The number of ether oxygens (including phenoxy) is 1. The SMILES string of the molecule is CC(C)Oc1cccc(O)c1NS(C)(=O)=O. The van der Waals surface area contributed by atoms with Gasteiger partial charge in [-0.25, -0.2) is 8.42 Å². The topological polar surface area (TPSA) is 75.6 Å². The first-order valence-electron chi connectivity index (χ1n) is 4.76. The molecule has 0 bridgehead atoms. The summed E-state index contributed by atoms with van der Waals surface area (Å²) in [6.07, 6.45) is 0.903. The number of phenolic OH excluding ortho intramolecular Hbond substituents is 1. The van der Waals surface area contributed by atoms with E-state index in [2.05, 4.69) is 4.72 Å². The van der Waals surface area contributed by atoms with Gasteiger partial charge in [0.1, 0.15) is 17.2 Å². The van der Waals surface area contributed by atoms with Gasteiger partial charge in [0, 0.05) is 0 Å². The van der Waals surface area contributed by atoms with E-state index in [1.165, 1.54) is 6.07 Å². The van der Waals surface area contributed by atoms with E-state index in [0.29, 0.717) is 5.75 Å². The second-order valence-corrected chi connectivity index (χ2v) is 5.44. The Balaban J connectivity index is 3.13. The first kappa shape index (κ1) is 12.6. The standard InChI is InChI=1S/C10H15NO4S/c1-7(2)15-9-6-4-5-8(12)10(9)11-16(3,13)14/h4-7,11-12H,1-3H3. The maximum Gasteiger partial charge on any atom is 0.230 e. The Bertz CT molecular complexity index is 468. The monoisotopic (exact) mass is 245 g/mol. The van der Waals surface area contributed by atoms with Gasteiger partial charge in [-0.05, 0) is 26.0 Å². The normalized spacial score (nSPS) is 11.5. The number of benzene rings is 1. The third-order valence-electron chi connectivity index (χ3n) is 1.65. The van der Waals surface area contributed by atoms with Crippen LogP contribution in [0.15, 0.2) is 18.2 Å². The number of nitrogens with one attached hydrogen (secondary N) is 1. The highest BCUT2D eigenvalue weighted by atomic mass is 32.2. The average Bonchev–Trinajstić information content (AvgIpc) is 2.08. The lowest BCUT2D eigenvalue weighted by Gasteiger charge is -2.15. The molecule has 2 N–H and O–H groups in total. The van der Waals surface area contributed by atoms with Crippen LogP contribution in [0, 0.1) is 0 Å². The number of hydrogen-bond donors (Lipinski definition) is 2. The summed E-state index contributed by atoms with van der Waals surface area (Å²) >= 11 is 0. The number of anilines is 1. The van der Waals surface area contributed by atoms with Gasteiger partial charge in [-0.3, -0.25) is 4.72 Å². The Hall–Kier alpha value is -1.43. The van der Waals surface area contributed by atoms with Crippen molar-refractivity contribution in [1.29, 1.82) is 0 Å². The summed E-state index contributed by atoms with van der Waals surface area (Å²) in [5.74, 6) is 0.143. The van der Waals surface area contributed by atoms with Crippen LogP contribution in [-0.2, 0) is 10.0 Å². The molecule has 90 valence electrons. The molecule has 0 atom stereocenters. The van der Waals surface area contributed by atoms with Gasteiger partial charge >= 0.3 is 0 Å². The molecule has 0 saturated heterocycles. The maximum atomic E-state index is 11.1. The van der Waals surface area contributed by atoms with Crippen LogP contribution in [0.2, 0.25) is 0 Å². The molecule has 6 heteroatoms. The molecule has 0 aliphatic carbocycles. The van der Waals surface area contributed by atoms with Crippen molar-refractivity contribution in [3.05, 3.63) is 18.2 Å². The molecule has 0 fully saturated rings. The van der Waals surface area contributed by atoms with Crippen molar-refractivity contribution in [1.82, 2.24) is 0 Å². The number of sulfonamides is 1. The molecule has 0 amide bonds. The van der Waals surface area contributed by atoms with Crippen LogP contribution in [0.1, 0.15) is 13.8 Å². The zero-order valence-corrected chi connectivity index (χ0v) is 10.2. The van der Waals surface area contributed by atoms with E-state index in [4.69, 9.17) is 4.74 Å². The lowest BCUT2D eigenvalue weighted by molar-refractivity contribution is 0.243. The second kappa shape index (κ2) is 4.61. The Labute approximate surface area is 95.1 Å². The van der Waals surface area contributed by atoms with Crippen LogP contribution in [0.4, 0.5) is 5.69 Å². The largest absolute Gasteiger partial charge is 0.506 e. The molecule has 1 rings (SSSR count). The van der Waals surface area contributed by atoms with Crippen LogP contribution in [0.5, 0.6) is 11.5 Å². The minimum Gasteiger partial charge on any atom is -0.506 e. The second-order valence-electron chi connectivity index (χ2n) is 3.69. The van der Waals surface area contributed by atoms with Crippen LogP contribution in [0.3, 0.4) is 0 Å². The van der Waals surface area contributed by atoms with Crippen molar-refractivity contribution in [2.45, 2.75) is 20.0 Å². The average molecular weight is 245 g/mol. The van der Waals surface area contributed by atoms with Gasteiger partial charge in [0.15, 0.2) is 0 Å². The van der Waals surface area contributed by atoms with Gasteiger partial charge in [-0.1, -0.05) is 6.07 Å². The van der Waals surface area contributed by atoms with E-state index in [1.54, 1.807) is 12.1 Å². The summed E-state index contributed by atoms with van der Waals surface area (Å²) in [6.45, 7) is 3.63. The van der Waals surface area contributed by atoms with Gasteiger partial charge < -0.3 is 9.84 Å². The van der Waals surface area contributed by atoms with Crippen molar-refractivity contribution in [2.75, 3.05) is 11.0 Å². The van der Waals surface area contributed by atoms with E-state index < -0.39 is 10.0 Å². The molecule has 1 aromatic carbocycles. The van der Waals surface area contributed by atoms with Crippen LogP contribution >= 0.6 is 0 Å². The first-order valence-corrected chi connectivity index (χ1v) is 6.65. The Kier molecular flexibility index (Phi) is 3.64. The molecule has 0 aromatic heterocycles. The van der Waals surface area contributed by atoms with E-state index in [-0.39, 0.29) is 17.5 Å². The fourth-order valence-electron chi connectivity index (χ4n) is 1.16. The quantitative estimate of drug-likeness (QED) is 0.789. The highest BCUT2D eigenvalue weighted by Crippen LogP contribution is 2.34. The minimum absolute atomic E-state index is 0.0682. The van der Waals surface area contributed by atoms with Crippen LogP contribution < -0.4 is 9.46 Å². The van der Waals surface area contributed by atoms with E-state index in [9.17, 15) is 13.5 Å². The van der Waals surface area contributed by atoms with Crippen molar-refractivity contribution < 1.29 is 18.3 Å². The van der Waals surface area contributed by atoms with Gasteiger partial charge in [0.2, 0.25) is 10.0 Å². The predicted octanol–water partition coefficient (Wildman–Crippen LogP) is 1.55. The molecule has 16 heavy (non-hydrogen) atoms. The van der Waals surface area contributed by atoms with E-state index in [0.717, 1.165) is 6.26 Å². The summed E-state index contributed by atoms with van der Waals surface area (Å²) in [6, 6.07) is 4.56.